The van der Waals surface area contributed by atoms with Gasteiger partial charge in [0.05, 0.1) is 18.2 Å². The summed E-state index contributed by atoms with van der Waals surface area (Å²) in [4.78, 5) is 12.6. The van der Waals surface area contributed by atoms with E-state index in [4.69, 9.17) is 0 Å². The second kappa shape index (κ2) is 7.45. The molecule has 1 aromatic carbocycles. The summed E-state index contributed by atoms with van der Waals surface area (Å²) in [5, 5.41) is 3.11. The largest absolute Gasteiger partial charge is 0.349 e. The highest BCUT2D eigenvalue weighted by Crippen LogP contribution is 2.23. The predicted octanol–water partition coefficient (Wildman–Crippen LogP) is 2.23. The van der Waals surface area contributed by atoms with Gasteiger partial charge in [0.2, 0.25) is 15.9 Å². The second-order valence-corrected chi connectivity index (χ2v) is 8.27. The van der Waals surface area contributed by atoms with Crippen LogP contribution in [0.5, 0.6) is 0 Å². The molecule has 0 unspecified atom stereocenters. The summed E-state index contributed by atoms with van der Waals surface area (Å²) < 4.78 is 24.8. The lowest BCUT2D eigenvalue weighted by molar-refractivity contribution is -0.126. The summed E-state index contributed by atoms with van der Waals surface area (Å²) in [5.74, 6) is -0.315. The van der Waals surface area contributed by atoms with Crippen LogP contribution in [0, 0.1) is 12.8 Å². The van der Waals surface area contributed by atoms with E-state index < -0.39 is 10.0 Å². The van der Waals surface area contributed by atoms with Crippen molar-refractivity contribution in [1.29, 1.82) is 0 Å². The van der Waals surface area contributed by atoms with Gasteiger partial charge in [-0.15, -0.1) is 0 Å². The molecule has 0 aliphatic carbocycles. The maximum Gasteiger partial charge on any atom is 0.224 e. The molecule has 1 aliphatic rings. The number of hydrogen-bond acceptors (Lipinski definition) is 3. The van der Waals surface area contributed by atoms with Gasteiger partial charge in [-0.2, -0.15) is 0 Å². The van der Waals surface area contributed by atoms with Gasteiger partial charge in [-0.25, -0.2) is 12.7 Å². The number of piperidine rings is 1. The van der Waals surface area contributed by atoms with E-state index in [9.17, 15) is 13.2 Å². The molecule has 1 saturated heterocycles. The number of hydrogen-bond donors (Lipinski definition) is 1. The second-order valence-electron chi connectivity index (χ2n) is 6.29. The van der Waals surface area contributed by atoms with Crippen LogP contribution in [0.25, 0.3) is 0 Å². The molecule has 0 spiro atoms. The topological polar surface area (TPSA) is 66.5 Å². The molecule has 5 nitrogen and oxygen atoms in total. The Morgan fingerprint density at radius 1 is 1.39 bits per heavy atom. The van der Waals surface area contributed by atoms with Crippen molar-refractivity contribution in [3.8, 4) is 0 Å². The molecule has 0 radical (unpaired) electrons. The van der Waals surface area contributed by atoms with E-state index in [0.717, 1.165) is 30.4 Å². The SMILES string of the molecule is CC[C@@H](NC(=O)[C@H]1CCCN(S(C)(=O)=O)C1)c1ccccc1C. The zero-order valence-corrected chi connectivity index (χ0v) is 14.9. The third kappa shape index (κ3) is 4.54. The Hall–Kier alpha value is -1.40. The summed E-state index contributed by atoms with van der Waals surface area (Å²) >= 11 is 0. The van der Waals surface area contributed by atoms with E-state index in [2.05, 4.69) is 5.32 Å². The van der Waals surface area contributed by atoms with Gasteiger partial charge in [0.1, 0.15) is 0 Å². The first kappa shape index (κ1) is 17.9. The minimum absolute atomic E-state index is 0.0303. The molecule has 1 fully saturated rings. The summed E-state index contributed by atoms with van der Waals surface area (Å²) in [7, 11) is -3.23. The molecule has 1 heterocycles. The third-order valence-corrected chi connectivity index (χ3v) is 5.78. The molecule has 6 heteroatoms. The van der Waals surface area contributed by atoms with Crippen LogP contribution in [0.2, 0.25) is 0 Å². The van der Waals surface area contributed by atoms with E-state index in [1.54, 1.807) is 0 Å². The van der Waals surface area contributed by atoms with Crippen LogP contribution in [0.1, 0.15) is 43.4 Å². The van der Waals surface area contributed by atoms with Crippen molar-refractivity contribution in [3.63, 3.8) is 0 Å². The van der Waals surface area contributed by atoms with Crippen LogP contribution in [0.3, 0.4) is 0 Å². The minimum Gasteiger partial charge on any atom is -0.349 e. The van der Waals surface area contributed by atoms with Crippen LogP contribution in [0.4, 0.5) is 0 Å². The summed E-state index contributed by atoms with van der Waals surface area (Å²) in [6.07, 6.45) is 3.48. The molecular formula is C17H26N2O3S. The molecule has 23 heavy (non-hydrogen) atoms. The van der Waals surface area contributed by atoms with Gasteiger partial charge in [0.15, 0.2) is 0 Å². The lowest BCUT2D eigenvalue weighted by Crippen LogP contribution is -2.45. The van der Waals surface area contributed by atoms with Gasteiger partial charge < -0.3 is 5.32 Å². The summed E-state index contributed by atoms with van der Waals surface area (Å²) in [6, 6.07) is 8.00. The quantitative estimate of drug-likeness (QED) is 0.895. The predicted molar refractivity (Wildman–Crippen MR) is 91.5 cm³/mol. The Bertz CT molecular complexity index is 658. The van der Waals surface area contributed by atoms with E-state index in [-0.39, 0.29) is 24.4 Å². The maximum absolute atomic E-state index is 12.6. The number of amides is 1. The number of benzene rings is 1. The van der Waals surface area contributed by atoms with Gasteiger partial charge in [-0.1, -0.05) is 31.2 Å². The molecule has 1 N–H and O–H groups in total. The van der Waals surface area contributed by atoms with E-state index in [0.29, 0.717) is 6.54 Å². The molecule has 1 aromatic rings. The van der Waals surface area contributed by atoms with Crippen molar-refractivity contribution in [1.82, 2.24) is 9.62 Å². The number of sulfonamides is 1. The fraction of sp³-hybridized carbons (Fsp3) is 0.588. The number of rotatable bonds is 5. The van der Waals surface area contributed by atoms with Gasteiger partial charge in [-0.3, -0.25) is 4.79 Å². The van der Waals surface area contributed by atoms with Crippen molar-refractivity contribution in [2.75, 3.05) is 19.3 Å². The van der Waals surface area contributed by atoms with Crippen molar-refractivity contribution in [3.05, 3.63) is 35.4 Å². The van der Waals surface area contributed by atoms with Gasteiger partial charge in [-0.05, 0) is 37.3 Å². The fourth-order valence-corrected chi connectivity index (χ4v) is 4.04. The molecule has 1 aliphatic heterocycles. The van der Waals surface area contributed by atoms with E-state index in [1.807, 2.05) is 38.1 Å². The average Bonchev–Trinajstić information content (AvgIpc) is 2.52. The molecule has 0 aromatic heterocycles. The van der Waals surface area contributed by atoms with Crippen LogP contribution < -0.4 is 5.32 Å². The van der Waals surface area contributed by atoms with Crippen molar-refractivity contribution < 1.29 is 13.2 Å². The fourth-order valence-electron chi connectivity index (χ4n) is 3.12. The molecule has 2 atom stereocenters. The molecule has 0 bridgehead atoms. The highest BCUT2D eigenvalue weighted by molar-refractivity contribution is 7.88. The smallest absolute Gasteiger partial charge is 0.224 e. The highest BCUT2D eigenvalue weighted by atomic mass is 32.2. The van der Waals surface area contributed by atoms with Gasteiger partial charge in [0, 0.05) is 13.1 Å². The molecular weight excluding hydrogens is 312 g/mol. The highest BCUT2D eigenvalue weighted by Gasteiger charge is 2.31. The Morgan fingerprint density at radius 3 is 2.70 bits per heavy atom. The first-order valence-corrected chi connectivity index (χ1v) is 9.98. The Labute approximate surface area is 139 Å². The van der Waals surface area contributed by atoms with E-state index in [1.165, 1.54) is 10.6 Å². The minimum atomic E-state index is -3.23. The van der Waals surface area contributed by atoms with Gasteiger partial charge in [0.25, 0.3) is 0 Å². The van der Waals surface area contributed by atoms with Crippen LogP contribution in [0.15, 0.2) is 24.3 Å². The number of nitrogens with zero attached hydrogens (tertiary/aromatic N) is 1. The molecule has 1 amide bonds. The van der Waals surface area contributed by atoms with Crippen molar-refractivity contribution in [2.24, 2.45) is 5.92 Å². The Kier molecular flexibility index (Phi) is 5.81. The van der Waals surface area contributed by atoms with Crippen LogP contribution in [-0.4, -0.2) is 38.0 Å². The standard InChI is InChI=1S/C17H26N2O3S/c1-4-16(15-10-6-5-8-13(15)2)18-17(20)14-9-7-11-19(12-14)23(3,21)22/h5-6,8,10,14,16H,4,7,9,11-12H2,1-3H3,(H,18,20)/t14-,16+/m0/s1. The number of nitrogens with one attached hydrogen (secondary N) is 1. The van der Waals surface area contributed by atoms with Crippen LogP contribution >= 0.6 is 0 Å². The molecule has 2 rings (SSSR count). The average molecular weight is 338 g/mol. The summed E-state index contributed by atoms with van der Waals surface area (Å²) in [5.41, 5.74) is 2.28. The number of aryl methyl sites for hydroxylation is 1. The maximum atomic E-state index is 12.6. The molecule has 0 saturated carbocycles. The van der Waals surface area contributed by atoms with Gasteiger partial charge >= 0.3 is 0 Å². The first-order valence-electron chi connectivity index (χ1n) is 8.14. The zero-order chi connectivity index (χ0) is 17.0. The Morgan fingerprint density at radius 2 is 2.09 bits per heavy atom. The van der Waals surface area contributed by atoms with E-state index >= 15 is 0 Å². The molecule has 128 valence electrons. The number of carbonyl (C=O) groups is 1. The lowest BCUT2D eigenvalue weighted by atomic mass is 9.95. The van der Waals surface area contributed by atoms with Crippen molar-refractivity contribution in [2.45, 2.75) is 39.2 Å². The monoisotopic (exact) mass is 338 g/mol. The van der Waals surface area contributed by atoms with Crippen molar-refractivity contribution >= 4 is 15.9 Å². The normalized spacial score (nSPS) is 20.9. The number of carbonyl (C=O) groups excluding carboxylic acids is 1. The first-order chi connectivity index (χ1) is 10.8. The van der Waals surface area contributed by atoms with Crippen LogP contribution in [-0.2, 0) is 14.8 Å². The Balaban J connectivity index is 2.07. The summed E-state index contributed by atoms with van der Waals surface area (Å²) in [6.45, 7) is 4.88. The zero-order valence-electron chi connectivity index (χ0n) is 14.1. The third-order valence-electron chi connectivity index (χ3n) is 4.51. The lowest BCUT2D eigenvalue weighted by Gasteiger charge is -2.31.